The van der Waals surface area contributed by atoms with Crippen molar-refractivity contribution in [3.63, 3.8) is 0 Å². The van der Waals surface area contributed by atoms with Gasteiger partial charge < -0.3 is 19.7 Å². The van der Waals surface area contributed by atoms with Crippen molar-refractivity contribution >= 4 is 38.3 Å². The number of amides is 1. The Labute approximate surface area is 173 Å². The maximum Gasteiger partial charge on any atom is 0.229 e. The summed E-state index contributed by atoms with van der Waals surface area (Å²) in [6.07, 6.45) is 3.46. The molecule has 7 nitrogen and oxygen atoms in total. The van der Waals surface area contributed by atoms with Crippen LogP contribution in [0, 0.1) is 5.92 Å². The number of piperidine rings is 1. The van der Waals surface area contributed by atoms with E-state index < -0.39 is 0 Å². The van der Waals surface area contributed by atoms with Gasteiger partial charge in [0, 0.05) is 26.3 Å². The second kappa shape index (κ2) is 9.19. The lowest BCUT2D eigenvalue weighted by molar-refractivity contribution is -0.120. The summed E-state index contributed by atoms with van der Waals surface area (Å²) in [6.45, 7) is 2.56. The van der Waals surface area contributed by atoms with Crippen LogP contribution in [0.25, 0.3) is 10.2 Å². The third-order valence-electron chi connectivity index (χ3n) is 4.89. The van der Waals surface area contributed by atoms with E-state index in [-0.39, 0.29) is 11.8 Å². The zero-order valence-corrected chi connectivity index (χ0v) is 17.2. The number of hydrogen-bond donors (Lipinski definition) is 1. The first-order valence-electron chi connectivity index (χ1n) is 9.72. The molecule has 1 unspecified atom stereocenters. The average Bonchev–Trinajstić information content (AvgIpc) is 3.20. The Morgan fingerprint density at radius 1 is 1.28 bits per heavy atom. The van der Waals surface area contributed by atoms with Gasteiger partial charge in [-0.25, -0.2) is 9.97 Å². The maximum atomic E-state index is 12.8. The molecule has 0 saturated carbocycles. The highest BCUT2D eigenvalue weighted by Gasteiger charge is 2.27. The van der Waals surface area contributed by atoms with Crippen LogP contribution in [0.2, 0.25) is 0 Å². The lowest BCUT2D eigenvalue weighted by Crippen LogP contribution is -2.40. The van der Waals surface area contributed by atoms with Gasteiger partial charge in [0.25, 0.3) is 0 Å². The summed E-state index contributed by atoms with van der Waals surface area (Å²) in [6, 6.07) is 11.7. The lowest BCUT2D eigenvalue weighted by Gasteiger charge is -2.31. The van der Waals surface area contributed by atoms with Gasteiger partial charge in [-0.3, -0.25) is 4.79 Å². The van der Waals surface area contributed by atoms with Crippen molar-refractivity contribution in [2.45, 2.75) is 12.8 Å². The predicted molar refractivity (Wildman–Crippen MR) is 115 cm³/mol. The van der Waals surface area contributed by atoms with Gasteiger partial charge in [0.1, 0.15) is 6.61 Å². The largest absolute Gasteiger partial charge is 0.475 e. The molecule has 8 heteroatoms. The third-order valence-corrected chi connectivity index (χ3v) is 5.98. The summed E-state index contributed by atoms with van der Waals surface area (Å²) in [5, 5.41) is 3.97. The highest BCUT2D eigenvalue weighted by molar-refractivity contribution is 7.22. The normalized spacial score (nSPS) is 16.7. The SMILES string of the molecule is COCCOc1ccc(NC(=O)C2CCCN(c3nc4ccccc4s3)C2)cn1. The van der Waals surface area contributed by atoms with Crippen LogP contribution in [-0.4, -0.2) is 49.3 Å². The Hall–Kier alpha value is -2.71. The fraction of sp³-hybridized carbons (Fsp3) is 0.381. The second-order valence-corrected chi connectivity index (χ2v) is 7.97. The maximum absolute atomic E-state index is 12.8. The summed E-state index contributed by atoms with van der Waals surface area (Å²) < 4.78 is 11.6. The van der Waals surface area contributed by atoms with Gasteiger partial charge in [0.15, 0.2) is 5.13 Å². The van der Waals surface area contributed by atoms with Crippen molar-refractivity contribution in [1.29, 1.82) is 0 Å². The number of thiazole rings is 1. The van der Waals surface area contributed by atoms with E-state index in [1.807, 2.05) is 18.2 Å². The fourth-order valence-electron chi connectivity index (χ4n) is 3.37. The van der Waals surface area contributed by atoms with Crippen LogP contribution >= 0.6 is 11.3 Å². The lowest BCUT2D eigenvalue weighted by atomic mass is 9.97. The molecule has 3 heterocycles. The van der Waals surface area contributed by atoms with Crippen molar-refractivity contribution in [3.05, 3.63) is 42.6 Å². The number of nitrogens with zero attached hydrogens (tertiary/aromatic N) is 3. The molecule has 29 heavy (non-hydrogen) atoms. The number of rotatable bonds is 7. The first-order chi connectivity index (χ1) is 14.2. The quantitative estimate of drug-likeness (QED) is 0.598. The Morgan fingerprint density at radius 3 is 2.97 bits per heavy atom. The first-order valence-corrected chi connectivity index (χ1v) is 10.5. The van der Waals surface area contributed by atoms with Gasteiger partial charge in [-0.15, -0.1) is 0 Å². The van der Waals surface area contributed by atoms with Gasteiger partial charge in [0.05, 0.1) is 34.6 Å². The van der Waals surface area contributed by atoms with Crippen LogP contribution < -0.4 is 15.0 Å². The standard InChI is InChI=1S/C21H24N4O3S/c1-27-11-12-28-19-9-8-16(13-22-19)23-20(26)15-5-4-10-25(14-15)21-24-17-6-2-3-7-18(17)29-21/h2-3,6-9,13,15H,4-5,10-12,14H2,1H3,(H,23,26). The van der Waals surface area contributed by atoms with E-state index in [1.165, 1.54) is 4.70 Å². The van der Waals surface area contributed by atoms with Gasteiger partial charge in [-0.05, 0) is 31.0 Å². The van der Waals surface area contributed by atoms with E-state index in [9.17, 15) is 4.79 Å². The summed E-state index contributed by atoms with van der Waals surface area (Å²) in [7, 11) is 1.62. The number of methoxy groups -OCH3 is 1. The zero-order valence-electron chi connectivity index (χ0n) is 16.3. The summed E-state index contributed by atoms with van der Waals surface area (Å²) in [5.41, 5.74) is 1.68. The number of fused-ring (bicyclic) bond motifs is 1. The molecule has 1 atom stereocenters. The third kappa shape index (κ3) is 4.83. The molecule has 0 spiro atoms. The molecule has 0 bridgehead atoms. The number of para-hydroxylation sites is 1. The molecular formula is C21H24N4O3S. The van der Waals surface area contributed by atoms with Gasteiger partial charge >= 0.3 is 0 Å². The van der Waals surface area contributed by atoms with Crippen LogP contribution in [0.15, 0.2) is 42.6 Å². The predicted octanol–water partition coefficient (Wildman–Crippen LogP) is 3.57. The van der Waals surface area contributed by atoms with Gasteiger partial charge in [-0.1, -0.05) is 23.5 Å². The van der Waals surface area contributed by atoms with Crippen LogP contribution in [-0.2, 0) is 9.53 Å². The molecule has 1 aliphatic heterocycles. The molecule has 0 aliphatic carbocycles. The number of carbonyl (C=O) groups excluding carboxylic acids is 1. The highest BCUT2D eigenvalue weighted by atomic mass is 32.1. The van der Waals surface area contributed by atoms with Gasteiger partial charge in [0.2, 0.25) is 11.8 Å². The van der Waals surface area contributed by atoms with E-state index >= 15 is 0 Å². The molecule has 1 aromatic carbocycles. The Bertz CT molecular complexity index is 927. The minimum Gasteiger partial charge on any atom is -0.475 e. The number of aromatic nitrogens is 2. The number of benzene rings is 1. The van der Waals surface area contributed by atoms with Crippen molar-refractivity contribution in [2.75, 3.05) is 43.6 Å². The van der Waals surface area contributed by atoms with E-state index in [0.717, 1.165) is 30.0 Å². The minimum atomic E-state index is -0.0756. The molecule has 0 radical (unpaired) electrons. The topological polar surface area (TPSA) is 76.6 Å². The summed E-state index contributed by atoms with van der Waals surface area (Å²) >= 11 is 1.68. The molecule has 1 fully saturated rings. The molecule has 3 aromatic rings. The number of carbonyl (C=O) groups is 1. The van der Waals surface area contributed by atoms with Crippen molar-refractivity contribution in [1.82, 2.24) is 9.97 Å². The van der Waals surface area contributed by atoms with Crippen LogP contribution in [0.1, 0.15) is 12.8 Å². The van der Waals surface area contributed by atoms with E-state index in [0.29, 0.717) is 31.3 Å². The van der Waals surface area contributed by atoms with Crippen molar-refractivity contribution in [3.8, 4) is 5.88 Å². The molecule has 152 valence electrons. The van der Waals surface area contributed by atoms with E-state index in [4.69, 9.17) is 14.5 Å². The fourth-order valence-corrected chi connectivity index (χ4v) is 4.37. The number of pyridine rings is 1. The van der Waals surface area contributed by atoms with Crippen molar-refractivity contribution < 1.29 is 14.3 Å². The second-order valence-electron chi connectivity index (χ2n) is 6.96. The number of ether oxygens (including phenoxy) is 2. The smallest absolute Gasteiger partial charge is 0.229 e. The molecular weight excluding hydrogens is 388 g/mol. The Morgan fingerprint density at radius 2 is 2.17 bits per heavy atom. The summed E-state index contributed by atoms with van der Waals surface area (Å²) in [4.78, 5) is 24.0. The molecule has 1 saturated heterocycles. The average molecular weight is 413 g/mol. The molecule has 1 aliphatic rings. The number of nitrogens with one attached hydrogen (secondary N) is 1. The Balaban J connectivity index is 1.36. The van der Waals surface area contributed by atoms with Crippen LogP contribution in [0.5, 0.6) is 5.88 Å². The van der Waals surface area contributed by atoms with Crippen LogP contribution in [0.3, 0.4) is 0 Å². The Kier molecular flexibility index (Phi) is 6.21. The molecule has 1 amide bonds. The molecule has 1 N–H and O–H groups in total. The highest BCUT2D eigenvalue weighted by Crippen LogP contribution is 2.31. The van der Waals surface area contributed by atoms with Crippen molar-refractivity contribution in [2.24, 2.45) is 5.92 Å². The monoisotopic (exact) mass is 412 g/mol. The minimum absolute atomic E-state index is 0.0191. The van der Waals surface area contributed by atoms with E-state index in [2.05, 4.69) is 21.3 Å². The van der Waals surface area contributed by atoms with Crippen LogP contribution in [0.4, 0.5) is 10.8 Å². The van der Waals surface area contributed by atoms with Gasteiger partial charge in [-0.2, -0.15) is 0 Å². The number of hydrogen-bond acceptors (Lipinski definition) is 7. The van der Waals surface area contributed by atoms with E-state index in [1.54, 1.807) is 36.8 Å². The first kappa shape index (κ1) is 19.6. The summed E-state index contributed by atoms with van der Waals surface area (Å²) in [5.74, 6) is 0.457. The molecule has 4 rings (SSSR count). The zero-order chi connectivity index (χ0) is 20.1. The number of anilines is 2. The molecule has 2 aromatic heterocycles.